The molecule has 0 aromatic rings. The number of allylic oxidation sites excluding steroid dienone is 7. The lowest BCUT2D eigenvalue weighted by Gasteiger charge is -2.42. The molecule has 189 valence electrons. The zero-order valence-corrected chi connectivity index (χ0v) is 20.3. The molecule has 0 saturated carbocycles. The van der Waals surface area contributed by atoms with Crippen LogP contribution in [0, 0.1) is 5.92 Å². The van der Waals surface area contributed by atoms with E-state index in [1.54, 1.807) is 14.0 Å². The molecule has 1 aliphatic heterocycles. The van der Waals surface area contributed by atoms with Gasteiger partial charge in [0.2, 0.25) is 0 Å². The lowest BCUT2D eigenvalue weighted by molar-refractivity contribution is -0.236. The number of methoxy groups -OCH3 is 1. The fourth-order valence-electron chi connectivity index (χ4n) is 6.16. The Kier molecular flexibility index (Phi) is 6.76. The van der Waals surface area contributed by atoms with E-state index in [4.69, 9.17) is 19.9 Å². The summed E-state index contributed by atoms with van der Waals surface area (Å²) in [5, 5.41) is 33.1. The van der Waals surface area contributed by atoms with Gasteiger partial charge in [0, 0.05) is 41.5 Å². The zero-order valence-electron chi connectivity index (χ0n) is 20.3. The number of carbonyl (C=O) groups is 1. The van der Waals surface area contributed by atoms with Crippen LogP contribution in [0.4, 0.5) is 0 Å². The van der Waals surface area contributed by atoms with Crippen LogP contribution >= 0.6 is 0 Å². The molecule has 8 heteroatoms. The third-order valence-corrected chi connectivity index (χ3v) is 8.14. The maximum Gasteiger partial charge on any atom is 0.189 e. The van der Waals surface area contributed by atoms with E-state index >= 15 is 0 Å². The minimum absolute atomic E-state index is 0.0378. The van der Waals surface area contributed by atoms with E-state index < -0.39 is 31.1 Å². The molecule has 0 spiro atoms. The van der Waals surface area contributed by atoms with E-state index in [1.807, 2.05) is 12.2 Å². The Morgan fingerprint density at radius 2 is 1.97 bits per heavy atom. The fraction of sp³-hybridized carbons (Fsp3) is 0.593. The van der Waals surface area contributed by atoms with E-state index in [0.29, 0.717) is 50.5 Å². The third-order valence-electron chi connectivity index (χ3n) is 8.14. The number of nitrogens with two attached hydrogens (primary N) is 1. The molecule has 0 aromatic carbocycles. The molecule has 0 aromatic heterocycles. The lowest BCUT2D eigenvalue weighted by Crippen LogP contribution is -2.52. The molecule has 1 heterocycles. The van der Waals surface area contributed by atoms with E-state index in [2.05, 4.69) is 0 Å². The average Bonchev–Trinajstić information content (AvgIpc) is 2.85. The second-order valence-electron chi connectivity index (χ2n) is 10.2. The standard InChI is InChI=1S/C27H34NO7/c1-13-26(31)21(28)11-25(34-13)35-24-10-16(22(30)12-29)6-14-8-19-15(7-18(14)24)9-20-17(27(19)32)4-3-5-23(20)33-2/h3-4,13,16,21,24-26,29,31H,5-12,28H2,1-2H3/t13-,16-,21-,24-,25-,26+/m0/s1. The van der Waals surface area contributed by atoms with Crippen molar-refractivity contribution in [1.29, 1.82) is 0 Å². The number of ether oxygens (including phenoxy) is 3. The first-order valence-corrected chi connectivity index (χ1v) is 12.4. The van der Waals surface area contributed by atoms with Crippen molar-refractivity contribution in [2.75, 3.05) is 13.7 Å². The van der Waals surface area contributed by atoms with Gasteiger partial charge >= 0.3 is 0 Å². The Hall–Kier alpha value is -2.23. The van der Waals surface area contributed by atoms with Crippen LogP contribution in [0.2, 0.25) is 0 Å². The highest BCUT2D eigenvalue weighted by atomic mass is 16.7. The summed E-state index contributed by atoms with van der Waals surface area (Å²) >= 11 is 0. The molecule has 5 rings (SSSR count). The van der Waals surface area contributed by atoms with Gasteiger partial charge in [-0.2, -0.15) is 0 Å². The van der Waals surface area contributed by atoms with Crippen molar-refractivity contribution in [1.82, 2.24) is 0 Å². The highest BCUT2D eigenvalue weighted by Gasteiger charge is 2.42. The molecule has 0 bridgehead atoms. The monoisotopic (exact) mass is 484 g/mol. The van der Waals surface area contributed by atoms with Crippen LogP contribution in [0.15, 0.2) is 57.1 Å². The van der Waals surface area contributed by atoms with Crippen LogP contribution < -0.4 is 5.73 Å². The van der Waals surface area contributed by atoms with E-state index in [-0.39, 0.29) is 23.6 Å². The highest BCUT2D eigenvalue weighted by molar-refractivity contribution is 5.82. The summed E-state index contributed by atoms with van der Waals surface area (Å²) in [5.74, 6) is 0.285. The number of rotatable bonds is 5. The van der Waals surface area contributed by atoms with Crippen LogP contribution in [-0.2, 0) is 24.1 Å². The number of ketones is 1. The summed E-state index contributed by atoms with van der Waals surface area (Å²) in [4.78, 5) is 12.5. The molecule has 5 aliphatic rings. The number of aliphatic hydroxyl groups excluding tert-OH is 2. The molecular weight excluding hydrogens is 450 g/mol. The number of fused-ring (bicyclic) bond motifs is 1. The van der Waals surface area contributed by atoms with Crippen LogP contribution in [0.5, 0.6) is 0 Å². The SMILES string of the molecule is COC1=C2CC3=C(CC4=C(C3)[C@@H](O[C@H]3C[C@H](N)[C@H](O)[C@H](C)O3)C[C@@H](C(=O)CO)C4)C([O])=C2C=CC1. The molecule has 8 nitrogen and oxygen atoms in total. The molecule has 4 N–H and O–H groups in total. The lowest BCUT2D eigenvalue weighted by atomic mass is 9.69. The number of aliphatic hydroxyl groups is 2. The zero-order chi connectivity index (χ0) is 24.9. The van der Waals surface area contributed by atoms with E-state index in [1.165, 1.54) is 0 Å². The van der Waals surface area contributed by atoms with Crippen LogP contribution in [0.1, 0.15) is 51.9 Å². The molecular formula is C27H34NO7. The Morgan fingerprint density at radius 3 is 2.69 bits per heavy atom. The molecule has 6 atom stereocenters. The molecule has 1 saturated heterocycles. The summed E-state index contributed by atoms with van der Waals surface area (Å²) in [6, 6.07) is -0.458. The van der Waals surface area contributed by atoms with E-state index in [0.717, 1.165) is 33.6 Å². The summed E-state index contributed by atoms with van der Waals surface area (Å²) in [6.07, 6.45) is 5.44. The number of hydrogen-bond acceptors (Lipinski definition) is 7. The fourth-order valence-corrected chi connectivity index (χ4v) is 6.16. The van der Waals surface area contributed by atoms with Gasteiger partial charge in [0.25, 0.3) is 0 Å². The van der Waals surface area contributed by atoms with Gasteiger partial charge < -0.3 is 30.2 Å². The normalized spacial score (nSPS) is 35.1. The van der Waals surface area contributed by atoms with Gasteiger partial charge in [-0.25, -0.2) is 0 Å². The largest absolute Gasteiger partial charge is 0.500 e. The number of carbonyl (C=O) groups excluding carboxylic acids is 1. The highest BCUT2D eigenvalue weighted by Crippen LogP contribution is 2.50. The molecule has 1 fully saturated rings. The number of Topliss-reactive ketones (excluding diaryl/α,β-unsaturated/α-hetero) is 1. The van der Waals surface area contributed by atoms with Gasteiger partial charge in [-0.3, -0.25) is 9.90 Å². The Labute approximate surface area is 205 Å². The maximum atomic E-state index is 13.4. The minimum Gasteiger partial charge on any atom is -0.500 e. The first-order valence-electron chi connectivity index (χ1n) is 12.4. The second kappa shape index (κ2) is 9.67. The minimum atomic E-state index is -0.756. The molecule has 1 radical (unpaired) electrons. The second-order valence-corrected chi connectivity index (χ2v) is 10.2. The predicted molar refractivity (Wildman–Crippen MR) is 126 cm³/mol. The quantitative estimate of drug-likeness (QED) is 0.511. The van der Waals surface area contributed by atoms with Crippen molar-refractivity contribution in [3.05, 3.63) is 57.1 Å². The molecule has 0 amide bonds. The van der Waals surface area contributed by atoms with Crippen molar-refractivity contribution in [3.63, 3.8) is 0 Å². The van der Waals surface area contributed by atoms with Gasteiger partial charge in [0.1, 0.15) is 12.4 Å². The Morgan fingerprint density at radius 1 is 1.20 bits per heavy atom. The van der Waals surface area contributed by atoms with Crippen molar-refractivity contribution in [2.45, 2.75) is 82.5 Å². The van der Waals surface area contributed by atoms with Crippen molar-refractivity contribution in [3.8, 4) is 0 Å². The van der Waals surface area contributed by atoms with Crippen LogP contribution in [-0.4, -0.2) is 60.4 Å². The predicted octanol–water partition coefficient (Wildman–Crippen LogP) is 2.50. The van der Waals surface area contributed by atoms with Crippen molar-refractivity contribution in [2.24, 2.45) is 11.7 Å². The van der Waals surface area contributed by atoms with Crippen LogP contribution in [0.25, 0.3) is 0 Å². The average molecular weight is 485 g/mol. The molecule has 0 unspecified atom stereocenters. The van der Waals surface area contributed by atoms with Crippen molar-refractivity contribution < 1.29 is 34.3 Å². The van der Waals surface area contributed by atoms with E-state index in [9.17, 15) is 20.1 Å². The van der Waals surface area contributed by atoms with Crippen LogP contribution in [0.3, 0.4) is 0 Å². The Bertz CT molecular complexity index is 1050. The topological polar surface area (TPSA) is 131 Å². The number of hydrogen-bond donors (Lipinski definition) is 3. The van der Waals surface area contributed by atoms with Gasteiger partial charge in [0.05, 0.1) is 25.4 Å². The molecule has 4 aliphatic carbocycles. The van der Waals surface area contributed by atoms with Gasteiger partial charge in [0.15, 0.2) is 17.8 Å². The maximum absolute atomic E-state index is 13.4. The summed E-state index contributed by atoms with van der Waals surface area (Å²) in [7, 11) is 1.64. The summed E-state index contributed by atoms with van der Waals surface area (Å²) < 4.78 is 17.9. The first kappa shape index (κ1) is 24.5. The first-order chi connectivity index (χ1) is 16.8. The molecule has 35 heavy (non-hydrogen) atoms. The van der Waals surface area contributed by atoms with Gasteiger partial charge in [-0.1, -0.05) is 23.3 Å². The summed E-state index contributed by atoms with van der Waals surface area (Å²) in [6.45, 7) is 1.25. The Balaban J connectivity index is 1.44. The van der Waals surface area contributed by atoms with Gasteiger partial charge in [-0.15, -0.1) is 0 Å². The summed E-state index contributed by atoms with van der Waals surface area (Å²) in [5.41, 5.74) is 11.8. The third kappa shape index (κ3) is 4.42. The van der Waals surface area contributed by atoms with Crippen molar-refractivity contribution >= 4 is 5.78 Å². The smallest absolute Gasteiger partial charge is 0.189 e. The van der Waals surface area contributed by atoms with Gasteiger partial charge in [-0.05, 0) is 44.6 Å².